The highest BCUT2D eigenvalue weighted by Gasteiger charge is 2.08. The molecule has 0 unspecified atom stereocenters. The van der Waals surface area contributed by atoms with E-state index < -0.39 is 0 Å². The first-order chi connectivity index (χ1) is 5.15. The van der Waals surface area contributed by atoms with Crippen molar-refractivity contribution in [3.05, 3.63) is 22.3 Å². The topological polar surface area (TPSA) is 62.2 Å². The molecule has 0 bridgehead atoms. The Balaban J connectivity index is 3.21. The van der Waals surface area contributed by atoms with Crippen LogP contribution in [0.3, 0.4) is 0 Å². The highest BCUT2D eigenvalue weighted by Crippen LogP contribution is 2.15. The van der Waals surface area contributed by atoms with Gasteiger partial charge in [-0.3, -0.25) is 0 Å². The fourth-order valence-electron chi connectivity index (χ4n) is 0.722. The van der Waals surface area contributed by atoms with Crippen molar-refractivity contribution in [2.24, 2.45) is 5.84 Å². The second-order valence-electron chi connectivity index (χ2n) is 2.18. The lowest BCUT2D eigenvalue weighted by Gasteiger charge is -1.99. The van der Waals surface area contributed by atoms with Crippen molar-refractivity contribution in [2.75, 3.05) is 5.43 Å². The van der Waals surface area contributed by atoms with E-state index in [1.54, 1.807) is 12.3 Å². The Morgan fingerprint density at radius 3 is 2.91 bits per heavy atom. The number of nitrogens with two attached hydrogens (primary N) is 1. The third kappa shape index (κ3) is 1.61. The fraction of sp³-hybridized carbons (Fsp3) is 0.167. The van der Waals surface area contributed by atoms with E-state index in [9.17, 15) is 0 Å². The van der Waals surface area contributed by atoms with Crippen molar-refractivity contribution < 1.29 is 9.94 Å². The molecule has 11 heavy (non-hydrogen) atoms. The zero-order chi connectivity index (χ0) is 8.43. The summed E-state index contributed by atoms with van der Waals surface area (Å²) in [6.45, 7) is 1.87. The van der Waals surface area contributed by atoms with Crippen molar-refractivity contribution in [1.82, 2.24) is 0 Å². The summed E-state index contributed by atoms with van der Waals surface area (Å²) in [5.41, 5.74) is 3.28. The quantitative estimate of drug-likeness (QED) is 0.280. The van der Waals surface area contributed by atoms with Crippen LogP contribution in [0.25, 0.3) is 0 Å². The first-order valence-electron chi connectivity index (χ1n) is 3.03. The molecule has 0 aliphatic heterocycles. The second-order valence-corrected chi connectivity index (χ2v) is 3.03. The molecule has 60 valence electrons. The average Bonchev–Trinajstić information content (AvgIpc) is 1.97. The maximum atomic E-state index is 9.17. The molecule has 5 heteroatoms. The van der Waals surface area contributed by atoms with Crippen LogP contribution >= 0.6 is 15.9 Å². The van der Waals surface area contributed by atoms with Gasteiger partial charge in [-0.2, -0.15) is 11.3 Å². The van der Waals surface area contributed by atoms with Crippen LogP contribution in [0.5, 0.6) is 0 Å². The molecule has 0 aliphatic carbocycles. The van der Waals surface area contributed by atoms with Crippen LogP contribution in [0, 0.1) is 6.92 Å². The van der Waals surface area contributed by atoms with Gasteiger partial charge in [0, 0.05) is 16.1 Å². The molecule has 1 heterocycles. The van der Waals surface area contributed by atoms with E-state index in [2.05, 4.69) is 21.4 Å². The minimum Gasteiger partial charge on any atom is -0.350 e. The fourth-order valence-corrected chi connectivity index (χ4v) is 1.04. The number of nitrogen functional groups attached to an aromatic ring is 1. The van der Waals surface area contributed by atoms with Crippen LogP contribution < -0.4 is 16.0 Å². The van der Waals surface area contributed by atoms with Crippen molar-refractivity contribution in [1.29, 1.82) is 0 Å². The lowest BCUT2D eigenvalue weighted by atomic mass is 10.3. The van der Waals surface area contributed by atoms with E-state index in [1.807, 2.05) is 6.92 Å². The minimum atomic E-state index is 0.433. The molecule has 0 fully saturated rings. The summed E-state index contributed by atoms with van der Waals surface area (Å²) < 4.78 is 1.83. The molecule has 0 spiro atoms. The summed E-state index contributed by atoms with van der Waals surface area (Å²) in [6.07, 6.45) is 1.55. The van der Waals surface area contributed by atoms with E-state index in [4.69, 9.17) is 11.0 Å². The summed E-state index contributed by atoms with van der Waals surface area (Å²) in [4.78, 5) is 0. The summed E-state index contributed by atoms with van der Waals surface area (Å²) in [7, 11) is 0. The van der Waals surface area contributed by atoms with Crippen LogP contribution in [0.4, 0.5) is 5.82 Å². The zero-order valence-electron chi connectivity index (χ0n) is 6.00. The standard InChI is InChI=1S/C6H8BrN3O/c1-4-3-10(11)6(9-8)2-5(4)7/h2-3,11H,8H2,1H3/p+1. The van der Waals surface area contributed by atoms with Gasteiger partial charge in [0.05, 0.1) is 0 Å². The normalized spacial score (nSPS) is 9.73. The van der Waals surface area contributed by atoms with Crippen molar-refractivity contribution in [2.45, 2.75) is 6.92 Å². The number of halogens is 1. The van der Waals surface area contributed by atoms with Gasteiger partial charge in [-0.05, 0) is 6.92 Å². The van der Waals surface area contributed by atoms with Gasteiger partial charge < -0.3 is 5.21 Å². The van der Waals surface area contributed by atoms with Gasteiger partial charge in [-0.25, -0.2) is 0 Å². The Kier molecular flexibility index (Phi) is 2.31. The molecule has 4 N–H and O–H groups in total. The molecule has 0 aromatic carbocycles. The number of hydrogen-bond donors (Lipinski definition) is 3. The van der Waals surface area contributed by atoms with E-state index in [1.165, 1.54) is 0 Å². The first kappa shape index (κ1) is 8.29. The van der Waals surface area contributed by atoms with Gasteiger partial charge in [0.25, 0.3) is 0 Å². The lowest BCUT2D eigenvalue weighted by molar-refractivity contribution is -0.893. The van der Waals surface area contributed by atoms with Crippen LogP contribution in [0.1, 0.15) is 5.56 Å². The third-order valence-corrected chi connectivity index (χ3v) is 2.21. The monoisotopic (exact) mass is 218 g/mol. The number of pyridine rings is 1. The van der Waals surface area contributed by atoms with Gasteiger partial charge >= 0.3 is 5.82 Å². The van der Waals surface area contributed by atoms with Crippen LogP contribution in [0.2, 0.25) is 0 Å². The van der Waals surface area contributed by atoms with Gasteiger partial charge in [-0.15, -0.1) is 0 Å². The first-order valence-corrected chi connectivity index (χ1v) is 3.82. The molecule has 0 radical (unpaired) electrons. The van der Waals surface area contributed by atoms with Crippen molar-refractivity contribution in [3.8, 4) is 0 Å². The SMILES string of the molecule is Cc1c[n+](O)c(NN)cc1Br. The Morgan fingerprint density at radius 1 is 1.73 bits per heavy atom. The summed E-state index contributed by atoms with van der Waals surface area (Å²) in [5, 5.41) is 9.17. The Hall–Kier alpha value is -0.810. The van der Waals surface area contributed by atoms with Crippen molar-refractivity contribution >= 4 is 21.7 Å². The summed E-state index contributed by atoms with van der Waals surface area (Å²) in [5.74, 6) is 5.55. The molecule has 1 aromatic heterocycles. The molecule has 0 atom stereocenters. The van der Waals surface area contributed by atoms with Gasteiger partial charge in [0.2, 0.25) is 0 Å². The van der Waals surface area contributed by atoms with Crippen LogP contribution in [0.15, 0.2) is 16.7 Å². The number of nitrogens with zero attached hydrogens (tertiary/aromatic N) is 1. The van der Waals surface area contributed by atoms with E-state index in [0.717, 1.165) is 14.8 Å². The Labute approximate surface area is 72.7 Å². The summed E-state index contributed by atoms with van der Waals surface area (Å²) >= 11 is 3.30. The predicted octanol–water partition coefficient (Wildman–Crippen LogP) is 0.568. The smallest absolute Gasteiger partial charge is 0.332 e. The summed E-state index contributed by atoms with van der Waals surface area (Å²) in [6, 6.07) is 1.69. The van der Waals surface area contributed by atoms with Crippen molar-refractivity contribution in [3.63, 3.8) is 0 Å². The number of aryl methyl sites for hydroxylation is 1. The molecule has 0 saturated heterocycles. The number of anilines is 1. The molecule has 0 aliphatic rings. The Bertz CT molecular complexity index is 277. The van der Waals surface area contributed by atoms with Gasteiger partial charge in [0.1, 0.15) is 6.20 Å². The maximum Gasteiger partial charge on any atom is 0.332 e. The van der Waals surface area contributed by atoms with E-state index in [-0.39, 0.29) is 0 Å². The average molecular weight is 219 g/mol. The molecular weight excluding hydrogens is 210 g/mol. The highest BCUT2D eigenvalue weighted by atomic mass is 79.9. The van der Waals surface area contributed by atoms with Gasteiger partial charge in [-0.1, -0.05) is 20.7 Å². The van der Waals surface area contributed by atoms with Gasteiger partial charge in [0.15, 0.2) is 0 Å². The molecular formula is C6H9BrN3O+. The minimum absolute atomic E-state index is 0.433. The lowest BCUT2D eigenvalue weighted by Crippen LogP contribution is -2.35. The van der Waals surface area contributed by atoms with E-state index in [0.29, 0.717) is 5.82 Å². The number of hydrazine groups is 1. The molecule has 1 aromatic rings. The predicted molar refractivity (Wildman–Crippen MR) is 44.1 cm³/mol. The number of aromatic nitrogens is 1. The molecule has 1 rings (SSSR count). The largest absolute Gasteiger partial charge is 0.350 e. The van der Waals surface area contributed by atoms with E-state index >= 15 is 0 Å². The molecule has 0 amide bonds. The third-order valence-electron chi connectivity index (χ3n) is 1.35. The zero-order valence-corrected chi connectivity index (χ0v) is 7.59. The van der Waals surface area contributed by atoms with Crippen LogP contribution in [-0.4, -0.2) is 5.21 Å². The number of rotatable bonds is 1. The molecule has 4 nitrogen and oxygen atoms in total. The molecule has 0 saturated carbocycles. The highest BCUT2D eigenvalue weighted by molar-refractivity contribution is 9.10. The Morgan fingerprint density at radius 2 is 2.36 bits per heavy atom. The maximum absolute atomic E-state index is 9.17. The van der Waals surface area contributed by atoms with Crippen LogP contribution in [-0.2, 0) is 0 Å². The number of hydrogen-bond acceptors (Lipinski definition) is 3. The second kappa shape index (κ2) is 3.06. The number of nitrogens with one attached hydrogen (secondary N) is 1.